The van der Waals surface area contributed by atoms with Crippen LogP contribution in [0, 0.1) is 34.5 Å². The van der Waals surface area contributed by atoms with Gasteiger partial charge in [-0.1, -0.05) is 13.8 Å². The molecule has 0 heterocycles. The fourth-order valence-electron chi connectivity index (χ4n) is 8.11. The molecule has 148 valence electrons. The molecular formula is C22H36ClNO2. The number of carbonyl (C=O) groups excluding carboxylic acids is 1. The van der Waals surface area contributed by atoms with Crippen molar-refractivity contribution in [3.05, 3.63) is 0 Å². The van der Waals surface area contributed by atoms with Gasteiger partial charge in [-0.3, -0.25) is 4.79 Å². The van der Waals surface area contributed by atoms with Crippen LogP contribution in [-0.2, 0) is 4.79 Å². The Bertz CT molecular complexity index is 568. The molecule has 4 aliphatic rings. The lowest BCUT2D eigenvalue weighted by Crippen LogP contribution is -2.56. The number of halogens is 1. The van der Waals surface area contributed by atoms with E-state index >= 15 is 0 Å². The van der Waals surface area contributed by atoms with Crippen LogP contribution in [0.3, 0.4) is 0 Å². The molecule has 4 rings (SSSR count). The standard InChI is InChI=1S/C22H36ClNO2/c1-21-10-8-15(25)12-14(21)4-5-16-17-6-7-19(24(3)20(26)13-23)22(17,2)11-9-18(16)21/h14-19,25H,4-13H2,1-3H3/t14-,15-,16-,17+,18-,19-,21-,22-/m0/s1. The van der Waals surface area contributed by atoms with Crippen LogP contribution in [0.15, 0.2) is 0 Å². The van der Waals surface area contributed by atoms with Gasteiger partial charge in [0.2, 0.25) is 5.91 Å². The van der Waals surface area contributed by atoms with Crippen molar-refractivity contribution in [3.8, 4) is 0 Å². The maximum absolute atomic E-state index is 12.2. The number of fused-ring (bicyclic) bond motifs is 5. The molecule has 3 nitrogen and oxygen atoms in total. The summed E-state index contributed by atoms with van der Waals surface area (Å²) in [4.78, 5) is 14.2. The smallest absolute Gasteiger partial charge is 0.237 e. The van der Waals surface area contributed by atoms with Gasteiger partial charge in [-0.05, 0) is 92.3 Å². The zero-order valence-electron chi connectivity index (χ0n) is 16.7. The fourth-order valence-corrected chi connectivity index (χ4v) is 8.30. The molecule has 0 aromatic rings. The number of rotatable bonds is 2. The highest BCUT2D eigenvalue weighted by Crippen LogP contribution is 2.66. The van der Waals surface area contributed by atoms with Gasteiger partial charge in [-0.25, -0.2) is 0 Å². The van der Waals surface area contributed by atoms with Gasteiger partial charge in [0.1, 0.15) is 5.88 Å². The number of aliphatic hydroxyl groups is 1. The SMILES string of the molecule is CN(C(=O)CCl)[C@H]1CC[C@@H]2[C@@H]3CC[C@H]4C[C@@H](O)CC[C@]4(C)[C@H]3CC[C@@]21C. The molecule has 0 aliphatic heterocycles. The summed E-state index contributed by atoms with van der Waals surface area (Å²) in [5.41, 5.74) is 0.689. The minimum atomic E-state index is -0.0652. The van der Waals surface area contributed by atoms with Crippen LogP contribution in [0.2, 0.25) is 0 Å². The van der Waals surface area contributed by atoms with Gasteiger partial charge in [0.25, 0.3) is 0 Å². The van der Waals surface area contributed by atoms with Crippen LogP contribution < -0.4 is 0 Å². The summed E-state index contributed by atoms with van der Waals surface area (Å²) in [5, 5.41) is 10.2. The summed E-state index contributed by atoms with van der Waals surface area (Å²) in [6.45, 7) is 5.00. The summed E-state index contributed by atoms with van der Waals surface area (Å²) in [5.74, 6) is 3.28. The van der Waals surface area contributed by atoms with Crippen LogP contribution in [0.5, 0.6) is 0 Å². The Hall–Kier alpha value is -0.280. The van der Waals surface area contributed by atoms with E-state index in [4.69, 9.17) is 11.6 Å². The topological polar surface area (TPSA) is 40.5 Å². The summed E-state index contributed by atoms with van der Waals surface area (Å²) < 4.78 is 0. The predicted molar refractivity (Wildman–Crippen MR) is 105 cm³/mol. The first-order valence-electron chi connectivity index (χ1n) is 10.8. The molecule has 26 heavy (non-hydrogen) atoms. The van der Waals surface area contributed by atoms with Gasteiger partial charge < -0.3 is 10.0 Å². The highest BCUT2D eigenvalue weighted by atomic mass is 35.5. The highest BCUT2D eigenvalue weighted by molar-refractivity contribution is 6.27. The maximum Gasteiger partial charge on any atom is 0.237 e. The van der Waals surface area contributed by atoms with Gasteiger partial charge >= 0.3 is 0 Å². The second kappa shape index (κ2) is 6.65. The zero-order chi connectivity index (χ0) is 18.7. The van der Waals surface area contributed by atoms with Gasteiger partial charge in [0.15, 0.2) is 0 Å². The molecule has 0 aromatic carbocycles. The number of nitrogens with zero attached hydrogens (tertiary/aromatic N) is 1. The lowest BCUT2D eigenvalue weighted by molar-refractivity contribution is -0.140. The molecule has 0 spiro atoms. The minimum absolute atomic E-state index is 0.0652. The van der Waals surface area contributed by atoms with Crippen molar-refractivity contribution in [2.75, 3.05) is 12.9 Å². The normalized spacial score (nSPS) is 50.5. The van der Waals surface area contributed by atoms with E-state index in [1.54, 1.807) is 0 Å². The summed E-state index contributed by atoms with van der Waals surface area (Å²) >= 11 is 5.85. The Morgan fingerprint density at radius 3 is 2.46 bits per heavy atom. The van der Waals surface area contributed by atoms with E-state index in [9.17, 15) is 9.90 Å². The van der Waals surface area contributed by atoms with Gasteiger partial charge in [-0.15, -0.1) is 11.6 Å². The first-order chi connectivity index (χ1) is 12.3. The van der Waals surface area contributed by atoms with Crippen molar-refractivity contribution in [3.63, 3.8) is 0 Å². The predicted octanol–water partition coefficient (Wildman–Crippen LogP) is 4.46. The second-order valence-electron chi connectivity index (χ2n) is 10.4. The van der Waals surface area contributed by atoms with Crippen LogP contribution in [-0.4, -0.2) is 41.0 Å². The summed E-state index contributed by atoms with van der Waals surface area (Å²) in [6, 6.07) is 0.360. The highest BCUT2D eigenvalue weighted by Gasteiger charge is 2.60. The average Bonchev–Trinajstić information content (AvgIpc) is 2.98. The van der Waals surface area contributed by atoms with Gasteiger partial charge in [0.05, 0.1) is 6.10 Å². The van der Waals surface area contributed by atoms with Crippen molar-refractivity contribution in [1.29, 1.82) is 0 Å². The monoisotopic (exact) mass is 381 g/mol. The average molecular weight is 382 g/mol. The van der Waals surface area contributed by atoms with E-state index in [1.807, 2.05) is 11.9 Å². The first-order valence-corrected chi connectivity index (χ1v) is 11.3. The number of hydrogen-bond donors (Lipinski definition) is 1. The molecule has 1 N–H and O–H groups in total. The number of carbonyl (C=O) groups is 1. The van der Waals surface area contributed by atoms with Crippen LogP contribution in [0.4, 0.5) is 0 Å². The third kappa shape index (κ3) is 2.67. The molecule has 4 fully saturated rings. The number of alkyl halides is 1. The third-order valence-corrected chi connectivity index (χ3v) is 9.79. The second-order valence-corrected chi connectivity index (χ2v) is 10.6. The van der Waals surface area contributed by atoms with Crippen LogP contribution >= 0.6 is 11.6 Å². The third-order valence-electron chi connectivity index (χ3n) is 9.56. The van der Waals surface area contributed by atoms with E-state index in [2.05, 4.69) is 13.8 Å². The Kier molecular flexibility index (Phi) is 4.88. The van der Waals surface area contributed by atoms with Crippen LogP contribution in [0.1, 0.15) is 71.6 Å². The van der Waals surface area contributed by atoms with Crippen molar-refractivity contribution >= 4 is 17.5 Å². The van der Waals surface area contributed by atoms with E-state index in [1.165, 1.54) is 38.5 Å². The minimum Gasteiger partial charge on any atom is -0.393 e. The van der Waals surface area contributed by atoms with Gasteiger partial charge in [0, 0.05) is 13.1 Å². The lowest BCUT2D eigenvalue weighted by Gasteiger charge is -2.61. The fraction of sp³-hybridized carbons (Fsp3) is 0.955. The quantitative estimate of drug-likeness (QED) is 0.717. The Morgan fingerprint density at radius 1 is 1.04 bits per heavy atom. The number of aliphatic hydroxyl groups excluding tert-OH is 1. The molecule has 0 unspecified atom stereocenters. The van der Waals surface area contributed by atoms with Crippen molar-refractivity contribution in [2.24, 2.45) is 34.5 Å². The molecule has 4 saturated carbocycles. The molecule has 0 saturated heterocycles. The van der Waals surface area contributed by atoms with E-state index in [-0.39, 0.29) is 23.3 Å². The Labute approximate surface area is 163 Å². The van der Waals surface area contributed by atoms with Crippen molar-refractivity contribution in [2.45, 2.75) is 83.8 Å². The zero-order valence-corrected chi connectivity index (χ0v) is 17.5. The summed E-state index contributed by atoms with van der Waals surface area (Å²) in [7, 11) is 1.97. The van der Waals surface area contributed by atoms with E-state index < -0.39 is 0 Å². The Morgan fingerprint density at radius 2 is 1.73 bits per heavy atom. The molecule has 4 heteroatoms. The first kappa shape index (κ1) is 19.1. The largest absolute Gasteiger partial charge is 0.393 e. The number of hydrogen-bond acceptors (Lipinski definition) is 2. The molecule has 0 aromatic heterocycles. The molecule has 4 aliphatic carbocycles. The van der Waals surface area contributed by atoms with E-state index in [0.29, 0.717) is 11.5 Å². The van der Waals surface area contributed by atoms with Crippen LogP contribution in [0.25, 0.3) is 0 Å². The lowest BCUT2D eigenvalue weighted by atomic mass is 9.45. The molecule has 0 radical (unpaired) electrons. The molecule has 8 atom stereocenters. The number of amides is 1. The molecule has 1 amide bonds. The Balaban J connectivity index is 1.57. The van der Waals surface area contributed by atoms with E-state index in [0.717, 1.165) is 42.9 Å². The van der Waals surface area contributed by atoms with Crippen molar-refractivity contribution in [1.82, 2.24) is 4.90 Å². The van der Waals surface area contributed by atoms with Crippen molar-refractivity contribution < 1.29 is 9.90 Å². The van der Waals surface area contributed by atoms with Gasteiger partial charge in [-0.2, -0.15) is 0 Å². The molecule has 0 bridgehead atoms. The maximum atomic E-state index is 12.2. The summed E-state index contributed by atoms with van der Waals surface area (Å²) in [6.07, 6.45) is 10.7. The molecular weight excluding hydrogens is 346 g/mol.